The van der Waals surface area contributed by atoms with Gasteiger partial charge >= 0.3 is 24.4 Å². The number of esters is 1. The van der Waals surface area contributed by atoms with E-state index in [0.717, 1.165) is 41.2 Å². The summed E-state index contributed by atoms with van der Waals surface area (Å²) in [7, 11) is 1.33. The van der Waals surface area contributed by atoms with E-state index in [0.29, 0.717) is 69.8 Å². The molecular weight excluding hydrogens is 888 g/mol. The van der Waals surface area contributed by atoms with Crippen LogP contribution in [0, 0.1) is 5.92 Å². The van der Waals surface area contributed by atoms with E-state index in [1.54, 1.807) is 88.7 Å². The van der Waals surface area contributed by atoms with Crippen LogP contribution in [-0.4, -0.2) is 50.2 Å². The van der Waals surface area contributed by atoms with Gasteiger partial charge in [0.25, 0.3) is 0 Å². The molecule has 330 valence electrons. The first-order valence-electron chi connectivity index (χ1n) is 19.7. The van der Waals surface area contributed by atoms with Crippen LogP contribution in [0.1, 0.15) is 30.6 Å². The molecule has 2 aromatic heterocycles. The molecule has 0 bridgehead atoms. The van der Waals surface area contributed by atoms with Gasteiger partial charge in [0, 0.05) is 58.4 Å². The van der Waals surface area contributed by atoms with Gasteiger partial charge in [-0.3, -0.25) is 9.69 Å². The topological polar surface area (TPSA) is 80.3 Å². The van der Waals surface area contributed by atoms with Crippen LogP contribution in [0.3, 0.4) is 0 Å². The minimum Gasteiger partial charge on any atom is -0.488 e. The van der Waals surface area contributed by atoms with Gasteiger partial charge in [-0.1, -0.05) is 60.7 Å². The number of anilines is 2. The Kier molecular flexibility index (Phi) is 13.6. The molecule has 0 aliphatic carbocycles. The Labute approximate surface area is 373 Å². The third-order valence-electron chi connectivity index (χ3n) is 10.7. The van der Waals surface area contributed by atoms with Crippen molar-refractivity contribution >= 4 is 58.5 Å². The second-order valence-electron chi connectivity index (χ2n) is 14.8. The average Bonchev–Trinajstić information content (AvgIpc) is 4.07. The number of halogens is 7. The number of carbonyl (C=O) groups is 2. The lowest BCUT2D eigenvalue weighted by molar-refractivity contribution is -0.149. The number of rotatable bonds is 9. The first-order valence-corrected chi connectivity index (χ1v) is 21.3. The number of likely N-dealkylation sites (tertiary alicyclic amines) is 1. The molecule has 63 heavy (non-hydrogen) atoms. The normalized spacial score (nSPS) is 14.3. The summed E-state index contributed by atoms with van der Waals surface area (Å²) < 4.78 is 97.5. The fourth-order valence-electron chi connectivity index (χ4n) is 7.58. The molecule has 3 aliphatic heterocycles. The van der Waals surface area contributed by atoms with Gasteiger partial charge in [0.15, 0.2) is 0 Å². The highest BCUT2D eigenvalue weighted by atomic mass is 35.5. The summed E-state index contributed by atoms with van der Waals surface area (Å²) in [5, 5.41) is 3.27. The van der Waals surface area contributed by atoms with Crippen molar-refractivity contribution in [3.8, 4) is 33.8 Å². The zero-order chi connectivity index (χ0) is 43.6. The maximum atomic E-state index is 13.6. The van der Waals surface area contributed by atoms with E-state index in [2.05, 4.69) is 5.32 Å². The van der Waals surface area contributed by atoms with Crippen molar-refractivity contribution < 1.29 is 50.1 Å². The van der Waals surface area contributed by atoms with Crippen molar-refractivity contribution in [1.29, 1.82) is 0 Å². The van der Waals surface area contributed by atoms with Crippen LogP contribution < -0.4 is 19.7 Å². The van der Waals surface area contributed by atoms with Crippen LogP contribution in [0.25, 0.3) is 22.3 Å². The van der Waals surface area contributed by atoms with Gasteiger partial charge in [-0.25, -0.2) is 4.79 Å². The Hall–Kier alpha value is -5.71. The standard InChI is InChI=1S/C26H23F3N2O4S.C20H16F3NOS.ClH/c1-34-24(32)18-13-30(14-18)25(33)31-10-9-17-11-19(7-8-22(17)31)35-15-20-12-21(16-5-3-2-4-6-16)23(36-20)26(27,28)29;21-20(22,23)19-17(13-4-2-1-3-5-13)11-16(26-19)12-25-15-6-7-18-14(10-15)8-9-24-18;/h2-8,11-12,18H,9-10,13-15H2,1H3;1-7,10-11,24H,8-9,12H2;1H. The largest absolute Gasteiger partial charge is 0.488 e. The first-order chi connectivity index (χ1) is 29.7. The quantitative estimate of drug-likeness (QED) is 0.115. The number of amides is 2. The van der Waals surface area contributed by atoms with Crippen molar-refractivity contribution in [2.45, 2.75) is 38.4 Å². The van der Waals surface area contributed by atoms with Crippen LogP contribution in [0.15, 0.2) is 109 Å². The van der Waals surface area contributed by atoms with Crippen molar-refractivity contribution in [1.82, 2.24) is 4.90 Å². The predicted molar refractivity (Wildman–Crippen MR) is 234 cm³/mol. The number of carbonyl (C=O) groups excluding carboxylic acids is 2. The molecule has 4 aromatic carbocycles. The van der Waals surface area contributed by atoms with Gasteiger partial charge in [0.05, 0.1) is 13.0 Å². The van der Waals surface area contributed by atoms with E-state index in [-0.39, 0.29) is 54.7 Å². The highest BCUT2D eigenvalue weighted by Gasteiger charge is 2.40. The van der Waals surface area contributed by atoms with Gasteiger partial charge in [-0.2, -0.15) is 26.3 Å². The number of nitrogens with zero attached hydrogens (tertiary/aromatic N) is 2. The number of hydrogen-bond donors (Lipinski definition) is 1. The molecule has 3 aliphatic rings. The third kappa shape index (κ3) is 10.2. The monoisotopic (exact) mass is 927 g/mol. The van der Waals surface area contributed by atoms with Gasteiger partial charge in [-0.05, 0) is 83.6 Å². The van der Waals surface area contributed by atoms with Crippen LogP contribution in [0.4, 0.5) is 42.5 Å². The maximum Gasteiger partial charge on any atom is 0.426 e. The second kappa shape index (κ2) is 19.0. The molecule has 0 atom stereocenters. The molecule has 17 heteroatoms. The smallest absolute Gasteiger partial charge is 0.426 e. The molecule has 9 rings (SSSR count). The number of methoxy groups -OCH3 is 1. The summed E-state index contributed by atoms with van der Waals surface area (Å²) in [6, 6.07) is 31.2. The molecule has 2 amide bonds. The van der Waals surface area contributed by atoms with E-state index in [1.807, 2.05) is 24.3 Å². The highest BCUT2D eigenvalue weighted by molar-refractivity contribution is 7.13. The lowest BCUT2D eigenvalue weighted by atomic mass is 10.0. The number of hydrogen-bond acceptors (Lipinski definition) is 8. The van der Waals surface area contributed by atoms with E-state index in [4.69, 9.17) is 14.2 Å². The van der Waals surface area contributed by atoms with Crippen molar-refractivity contribution in [2.75, 3.05) is 43.5 Å². The van der Waals surface area contributed by atoms with E-state index in [9.17, 15) is 35.9 Å². The summed E-state index contributed by atoms with van der Waals surface area (Å²) in [6.45, 7) is 2.21. The molecule has 6 aromatic rings. The minimum absolute atomic E-state index is 0. The Morgan fingerprint density at radius 3 is 1.75 bits per heavy atom. The summed E-state index contributed by atoms with van der Waals surface area (Å²) in [6.07, 6.45) is -7.26. The zero-order valence-electron chi connectivity index (χ0n) is 33.6. The number of thiophene rings is 2. The van der Waals surface area contributed by atoms with E-state index in [1.165, 1.54) is 18.7 Å². The van der Waals surface area contributed by atoms with Gasteiger partial charge < -0.3 is 24.4 Å². The third-order valence-corrected chi connectivity index (χ3v) is 13.0. The molecule has 0 spiro atoms. The molecule has 1 fully saturated rings. The zero-order valence-corrected chi connectivity index (χ0v) is 36.0. The number of fused-ring (bicyclic) bond motifs is 2. The SMILES string of the molecule is COC(=O)C1CN(C(=O)N2CCc3cc(OCc4cc(-c5ccccc5)c(C(F)(F)F)s4)ccc32)C1.Cl.FC(F)(F)c1sc(COc2ccc3c(c2)CCN3)cc1-c1ccccc1. The number of nitrogens with one attached hydrogen (secondary N) is 1. The Morgan fingerprint density at radius 1 is 0.698 bits per heavy atom. The van der Waals surface area contributed by atoms with Crippen molar-refractivity contribution in [2.24, 2.45) is 5.92 Å². The lowest BCUT2D eigenvalue weighted by Gasteiger charge is -2.39. The fourth-order valence-corrected chi connectivity index (χ4v) is 9.50. The van der Waals surface area contributed by atoms with Crippen LogP contribution in [0.2, 0.25) is 0 Å². The molecule has 1 N–H and O–H groups in total. The van der Waals surface area contributed by atoms with Crippen LogP contribution >= 0.6 is 35.1 Å². The van der Waals surface area contributed by atoms with Crippen molar-refractivity contribution in [3.63, 3.8) is 0 Å². The molecule has 0 unspecified atom stereocenters. The Morgan fingerprint density at radius 2 is 1.22 bits per heavy atom. The Bertz CT molecular complexity index is 2560. The first kappa shape index (κ1) is 45.3. The van der Waals surface area contributed by atoms with Gasteiger partial charge in [0.1, 0.15) is 34.5 Å². The molecule has 0 saturated carbocycles. The lowest BCUT2D eigenvalue weighted by Crippen LogP contribution is -2.57. The number of alkyl halides is 6. The van der Waals surface area contributed by atoms with Gasteiger partial charge in [0.2, 0.25) is 0 Å². The molecule has 0 radical (unpaired) electrons. The second-order valence-corrected chi connectivity index (χ2v) is 17.1. The molecular formula is C46H40ClF6N3O5S2. The highest BCUT2D eigenvalue weighted by Crippen LogP contribution is 2.45. The summed E-state index contributed by atoms with van der Waals surface area (Å²) in [5.41, 5.74) is 5.40. The number of urea groups is 1. The predicted octanol–water partition coefficient (Wildman–Crippen LogP) is 12.0. The summed E-state index contributed by atoms with van der Waals surface area (Å²) in [5.74, 6) is 0.609. The van der Waals surface area contributed by atoms with Crippen LogP contribution in [-0.2, 0) is 47.9 Å². The molecule has 5 heterocycles. The van der Waals surface area contributed by atoms with Crippen LogP contribution in [0.5, 0.6) is 11.5 Å². The summed E-state index contributed by atoms with van der Waals surface area (Å²) >= 11 is 1.43. The minimum atomic E-state index is -4.45. The maximum absolute atomic E-state index is 13.6. The Balaban J connectivity index is 0.000000195. The molecule has 1 saturated heterocycles. The van der Waals surface area contributed by atoms with E-state index < -0.39 is 22.1 Å². The molecule has 8 nitrogen and oxygen atoms in total. The van der Waals surface area contributed by atoms with Crippen molar-refractivity contribution in [3.05, 3.63) is 140 Å². The summed E-state index contributed by atoms with van der Waals surface area (Å²) in [4.78, 5) is 27.5. The average molecular weight is 928 g/mol. The number of ether oxygens (including phenoxy) is 3. The number of benzene rings is 4. The van der Waals surface area contributed by atoms with E-state index >= 15 is 0 Å². The van der Waals surface area contributed by atoms with Gasteiger partial charge in [-0.15, -0.1) is 35.1 Å². The fraction of sp³-hybridized carbons (Fsp3) is 0.261.